The molecule has 0 fully saturated rings. The van der Waals surface area contributed by atoms with Crippen LogP contribution >= 0.6 is 0 Å². The van der Waals surface area contributed by atoms with Crippen molar-refractivity contribution in [2.75, 3.05) is 13.1 Å². The van der Waals surface area contributed by atoms with Crippen LogP contribution in [0.25, 0.3) is 10.9 Å². The molecule has 0 aliphatic carbocycles. The third-order valence-corrected chi connectivity index (χ3v) is 2.68. The number of fused-ring (bicyclic) bond motifs is 1. The van der Waals surface area contributed by atoms with Gasteiger partial charge in [-0.25, -0.2) is 0 Å². The maximum atomic E-state index is 11.8. The molecule has 1 heterocycles. The van der Waals surface area contributed by atoms with Gasteiger partial charge in [0, 0.05) is 35.8 Å². The Bertz CT molecular complexity index is 548. The summed E-state index contributed by atoms with van der Waals surface area (Å²) < 4.78 is 0. The molecule has 0 saturated carbocycles. The van der Waals surface area contributed by atoms with E-state index in [0.717, 1.165) is 17.3 Å². The second kappa shape index (κ2) is 5.86. The zero-order valence-corrected chi connectivity index (χ0v) is 9.90. The minimum absolute atomic E-state index is 0.0933. The number of carbonyl (C=O) groups is 2. The Balaban J connectivity index is 1.89. The number of aromatic nitrogens is 1. The van der Waals surface area contributed by atoms with Crippen LogP contribution in [0.3, 0.4) is 0 Å². The molecule has 2 amide bonds. The lowest BCUT2D eigenvalue weighted by atomic mass is 10.1. The smallest absolute Gasteiger partial charge is 0.251 e. The molecular formula is C13H15N3O2. The molecule has 0 aliphatic rings. The van der Waals surface area contributed by atoms with E-state index in [1.165, 1.54) is 0 Å². The van der Waals surface area contributed by atoms with E-state index >= 15 is 0 Å². The summed E-state index contributed by atoms with van der Waals surface area (Å²) >= 11 is 0. The number of amides is 2. The molecule has 0 aliphatic heterocycles. The van der Waals surface area contributed by atoms with Gasteiger partial charge in [0.15, 0.2) is 0 Å². The van der Waals surface area contributed by atoms with Gasteiger partial charge in [-0.15, -0.1) is 0 Å². The molecule has 3 N–H and O–H groups in total. The quantitative estimate of drug-likeness (QED) is 0.525. The van der Waals surface area contributed by atoms with Crippen molar-refractivity contribution >= 4 is 23.2 Å². The molecule has 2 rings (SSSR count). The Labute approximate surface area is 105 Å². The molecule has 0 spiro atoms. The number of carbonyl (C=O) groups excluding carboxylic acids is 2. The number of rotatable bonds is 6. The Morgan fingerprint density at radius 1 is 1.28 bits per heavy atom. The number of H-pyrrole nitrogens is 1. The van der Waals surface area contributed by atoms with E-state index < -0.39 is 0 Å². The predicted octanol–water partition coefficient (Wildman–Crippen LogP) is 1.03. The third kappa shape index (κ3) is 2.88. The second-order valence-corrected chi connectivity index (χ2v) is 3.96. The van der Waals surface area contributed by atoms with Gasteiger partial charge in [-0.05, 0) is 30.7 Å². The molecule has 18 heavy (non-hydrogen) atoms. The van der Waals surface area contributed by atoms with Gasteiger partial charge in [-0.1, -0.05) is 0 Å². The number of hydrogen-bond donors (Lipinski definition) is 3. The fraction of sp³-hybridized carbons (Fsp3) is 0.231. The van der Waals surface area contributed by atoms with Crippen LogP contribution in [0.1, 0.15) is 16.8 Å². The molecule has 94 valence electrons. The van der Waals surface area contributed by atoms with E-state index in [4.69, 9.17) is 0 Å². The lowest BCUT2D eigenvalue weighted by Crippen LogP contribution is -2.26. The Morgan fingerprint density at radius 3 is 3.00 bits per heavy atom. The second-order valence-electron chi connectivity index (χ2n) is 3.96. The van der Waals surface area contributed by atoms with Crippen molar-refractivity contribution in [3.8, 4) is 0 Å². The highest BCUT2D eigenvalue weighted by Crippen LogP contribution is 2.13. The van der Waals surface area contributed by atoms with Gasteiger partial charge >= 0.3 is 0 Å². The van der Waals surface area contributed by atoms with Crippen LogP contribution in [-0.2, 0) is 4.79 Å². The molecule has 1 aromatic carbocycles. The van der Waals surface area contributed by atoms with Crippen LogP contribution in [0.15, 0.2) is 30.5 Å². The van der Waals surface area contributed by atoms with Gasteiger partial charge in [0.25, 0.3) is 5.91 Å². The van der Waals surface area contributed by atoms with E-state index in [2.05, 4.69) is 15.6 Å². The largest absolute Gasteiger partial charge is 0.361 e. The first-order valence-corrected chi connectivity index (χ1v) is 5.83. The minimum Gasteiger partial charge on any atom is -0.361 e. The molecule has 5 heteroatoms. The van der Waals surface area contributed by atoms with Gasteiger partial charge in [-0.3, -0.25) is 9.59 Å². The molecule has 5 nitrogen and oxygen atoms in total. The van der Waals surface area contributed by atoms with E-state index in [1.807, 2.05) is 24.4 Å². The van der Waals surface area contributed by atoms with Crippen LogP contribution in [0.5, 0.6) is 0 Å². The summed E-state index contributed by atoms with van der Waals surface area (Å²) in [5.41, 5.74) is 1.66. The molecule has 1 aromatic heterocycles. The number of nitrogens with one attached hydrogen (secondary N) is 3. The normalized spacial score (nSPS) is 10.2. The highest BCUT2D eigenvalue weighted by Gasteiger charge is 2.05. The van der Waals surface area contributed by atoms with Crippen molar-refractivity contribution in [1.82, 2.24) is 15.6 Å². The Hall–Kier alpha value is -2.30. The van der Waals surface area contributed by atoms with Gasteiger partial charge in [0.2, 0.25) is 6.41 Å². The molecule has 0 bridgehead atoms. The summed E-state index contributed by atoms with van der Waals surface area (Å²) in [5, 5.41) is 6.37. The Morgan fingerprint density at radius 2 is 2.17 bits per heavy atom. The highest BCUT2D eigenvalue weighted by molar-refractivity contribution is 5.98. The highest BCUT2D eigenvalue weighted by atomic mass is 16.1. The molecule has 0 unspecified atom stereocenters. The van der Waals surface area contributed by atoms with E-state index in [-0.39, 0.29) is 5.91 Å². The zero-order chi connectivity index (χ0) is 12.8. The molecule has 2 aromatic rings. The van der Waals surface area contributed by atoms with E-state index in [1.54, 1.807) is 6.07 Å². The minimum atomic E-state index is -0.0933. The van der Waals surface area contributed by atoms with Crippen molar-refractivity contribution < 1.29 is 9.59 Å². The van der Waals surface area contributed by atoms with Crippen LogP contribution < -0.4 is 10.6 Å². The van der Waals surface area contributed by atoms with Gasteiger partial charge in [-0.2, -0.15) is 0 Å². The first-order chi connectivity index (χ1) is 8.81. The summed E-state index contributed by atoms with van der Waals surface area (Å²) in [6, 6.07) is 7.46. The lowest BCUT2D eigenvalue weighted by molar-refractivity contribution is -0.109. The number of hydrogen-bond acceptors (Lipinski definition) is 2. The van der Waals surface area contributed by atoms with E-state index in [9.17, 15) is 9.59 Å². The molecule has 0 atom stereocenters. The van der Waals surface area contributed by atoms with Crippen LogP contribution in [0.4, 0.5) is 0 Å². The SMILES string of the molecule is O=CNCCCNC(=O)c1ccc2[nH]ccc2c1. The fourth-order valence-electron chi connectivity index (χ4n) is 1.75. The summed E-state index contributed by atoms with van der Waals surface area (Å²) in [5.74, 6) is -0.0933. The average Bonchev–Trinajstić information content (AvgIpc) is 2.85. The number of benzene rings is 1. The maximum absolute atomic E-state index is 11.8. The monoisotopic (exact) mass is 245 g/mol. The zero-order valence-electron chi connectivity index (χ0n) is 9.90. The number of aromatic amines is 1. The standard InChI is InChI=1S/C13H15N3O2/c17-9-14-5-1-6-16-13(18)11-2-3-12-10(8-11)4-7-15-12/h2-4,7-9,15H,1,5-6H2,(H,14,17)(H,16,18). The van der Waals surface area contributed by atoms with Crippen LogP contribution in [-0.4, -0.2) is 30.4 Å². The maximum Gasteiger partial charge on any atom is 0.251 e. The first-order valence-electron chi connectivity index (χ1n) is 5.83. The van der Waals surface area contributed by atoms with Crippen molar-refractivity contribution in [1.29, 1.82) is 0 Å². The van der Waals surface area contributed by atoms with Crippen LogP contribution in [0.2, 0.25) is 0 Å². The first kappa shape index (κ1) is 12.2. The lowest BCUT2D eigenvalue weighted by Gasteiger charge is -2.05. The summed E-state index contributed by atoms with van der Waals surface area (Å²) in [6.45, 7) is 1.12. The predicted molar refractivity (Wildman–Crippen MR) is 69.3 cm³/mol. The average molecular weight is 245 g/mol. The topological polar surface area (TPSA) is 74.0 Å². The third-order valence-electron chi connectivity index (χ3n) is 2.68. The van der Waals surface area contributed by atoms with Crippen molar-refractivity contribution in [2.24, 2.45) is 0 Å². The van der Waals surface area contributed by atoms with Crippen molar-refractivity contribution in [3.05, 3.63) is 36.0 Å². The van der Waals surface area contributed by atoms with Crippen molar-refractivity contribution in [3.63, 3.8) is 0 Å². The fourth-order valence-corrected chi connectivity index (χ4v) is 1.75. The summed E-state index contributed by atoms with van der Waals surface area (Å²) in [7, 11) is 0. The van der Waals surface area contributed by atoms with Gasteiger partial charge in [0.1, 0.15) is 0 Å². The van der Waals surface area contributed by atoms with Crippen molar-refractivity contribution in [2.45, 2.75) is 6.42 Å². The summed E-state index contributed by atoms with van der Waals surface area (Å²) in [4.78, 5) is 24.9. The molecular weight excluding hydrogens is 230 g/mol. The van der Waals surface area contributed by atoms with Gasteiger partial charge in [0.05, 0.1) is 0 Å². The molecule has 0 radical (unpaired) electrons. The Kier molecular flexibility index (Phi) is 3.96. The van der Waals surface area contributed by atoms with Gasteiger partial charge < -0.3 is 15.6 Å². The van der Waals surface area contributed by atoms with Crippen LogP contribution in [0, 0.1) is 0 Å². The molecule has 0 saturated heterocycles. The summed E-state index contributed by atoms with van der Waals surface area (Å²) in [6.07, 6.45) is 3.22. The van der Waals surface area contributed by atoms with E-state index in [0.29, 0.717) is 25.1 Å².